The number of benzene rings is 2. The molecule has 8 nitrogen and oxygen atoms in total. The molecule has 8 heteroatoms. The minimum Gasteiger partial charge on any atom is -0.321 e. The number of H-pyrrole nitrogens is 1. The Bertz CT molecular complexity index is 1060. The van der Waals surface area contributed by atoms with E-state index in [2.05, 4.69) is 30.6 Å². The van der Waals surface area contributed by atoms with Gasteiger partial charge in [-0.15, -0.1) is 0 Å². The van der Waals surface area contributed by atoms with E-state index in [4.69, 9.17) is 0 Å². The maximum absolute atomic E-state index is 12.2. The van der Waals surface area contributed by atoms with Crippen molar-refractivity contribution in [3.8, 4) is 0 Å². The second-order valence-electron chi connectivity index (χ2n) is 5.66. The summed E-state index contributed by atoms with van der Waals surface area (Å²) in [6, 6.07) is 17.6. The normalized spacial score (nSPS) is 10.5. The third-order valence-corrected chi connectivity index (χ3v) is 3.77. The zero-order valence-corrected chi connectivity index (χ0v) is 14.0. The summed E-state index contributed by atoms with van der Waals surface area (Å²) in [6.45, 7) is 0. The second-order valence-corrected chi connectivity index (χ2v) is 5.66. The number of carbonyl (C=O) groups is 2. The summed E-state index contributed by atoms with van der Waals surface area (Å²) in [6.07, 6.45) is 1.49. The van der Waals surface area contributed by atoms with Crippen molar-refractivity contribution < 1.29 is 9.59 Å². The van der Waals surface area contributed by atoms with E-state index in [-0.39, 0.29) is 23.7 Å². The van der Waals surface area contributed by atoms with Crippen molar-refractivity contribution in [1.82, 2.24) is 19.9 Å². The van der Waals surface area contributed by atoms with Crippen LogP contribution in [0.2, 0.25) is 0 Å². The Balaban J connectivity index is 1.52. The van der Waals surface area contributed by atoms with Crippen LogP contribution in [-0.4, -0.2) is 31.8 Å². The zero-order valence-electron chi connectivity index (χ0n) is 14.0. The van der Waals surface area contributed by atoms with Crippen molar-refractivity contribution in [2.24, 2.45) is 0 Å². The van der Waals surface area contributed by atoms with Gasteiger partial charge in [0, 0.05) is 11.1 Å². The molecule has 2 amide bonds. The van der Waals surface area contributed by atoms with E-state index in [9.17, 15) is 9.59 Å². The smallest absolute Gasteiger partial charge is 0.258 e. The number of hydrogen-bond acceptors (Lipinski definition) is 5. The fourth-order valence-electron chi connectivity index (χ4n) is 2.46. The van der Waals surface area contributed by atoms with Crippen LogP contribution in [0, 0.1) is 0 Å². The molecule has 0 saturated carbocycles. The lowest BCUT2D eigenvalue weighted by Gasteiger charge is -2.02. The first-order valence-corrected chi connectivity index (χ1v) is 8.14. The van der Waals surface area contributed by atoms with Crippen molar-refractivity contribution in [3.63, 3.8) is 0 Å². The molecule has 4 rings (SSSR count). The summed E-state index contributed by atoms with van der Waals surface area (Å²) >= 11 is 0. The average Bonchev–Trinajstić information content (AvgIpc) is 3.10. The van der Waals surface area contributed by atoms with Crippen LogP contribution >= 0.6 is 0 Å². The maximum atomic E-state index is 12.2. The van der Waals surface area contributed by atoms with Gasteiger partial charge in [0.1, 0.15) is 5.52 Å². The summed E-state index contributed by atoms with van der Waals surface area (Å²) in [7, 11) is 0. The molecule has 0 spiro atoms. The van der Waals surface area contributed by atoms with E-state index in [0.717, 1.165) is 0 Å². The van der Waals surface area contributed by atoms with Crippen molar-refractivity contribution in [1.29, 1.82) is 0 Å². The molecule has 2 aromatic carbocycles. The quantitative estimate of drug-likeness (QED) is 0.519. The predicted octanol–water partition coefficient (Wildman–Crippen LogP) is 2.86. The number of hydrogen-bond donors (Lipinski definition) is 3. The van der Waals surface area contributed by atoms with Gasteiger partial charge in [0.05, 0.1) is 6.20 Å². The molecule has 0 radical (unpaired) electrons. The second kappa shape index (κ2) is 7.04. The first kappa shape index (κ1) is 16.4. The largest absolute Gasteiger partial charge is 0.321 e. The van der Waals surface area contributed by atoms with Crippen LogP contribution in [0.1, 0.15) is 20.7 Å². The molecule has 4 aromatic rings. The van der Waals surface area contributed by atoms with Gasteiger partial charge in [-0.2, -0.15) is 9.97 Å². The molecule has 0 aliphatic carbocycles. The van der Waals surface area contributed by atoms with Gasteiger partial charge in [0.25, 0.3) is 11.8 Å². The minimum absolute atomic E-state index is 0.129. The van der Waals surface area contributed by atoms with Crippen molar-refractivity contribution in [2.75, 3.05) is 10.6 Å². The van der Waals surface area contributed by atoms with Gasteiger partial charge in [-0.05, 0) is 24.3 Å². The van der Waals surface area contributed by atoms with E-state index >= 15 is 0 Å². The van der Waals surface area contributed by atoms with Crippen LogP contribution < -0.4 is 10.6 Å². The summed E-state index contributed by atoms with van der Waals surface area (Å²) in [5.41, 5.74) is 1.88. The topological polar surface area (TPSA) is 113 Å². The Kier molecular flexibility index (Phi) is 4.28. The number of imidazole rings is 1. The lowest BCUT2D eigenvalue weighted by molar-refractivity contribution is 0.101. The van der Waals surface area contributed by atoms with Crippen molar-refractivity contribution in [3.05, 3.63) is 78.0 Å². The van der Waals surface area contributed by atoms with Crippen LogP contribution in [0.4, 0.5) is 11.9 Å². The molecule has 0 saturated heterocycles. The third-order valence-electron chi connectivity index (χ3n) is 3.77. The van der Waals surface area contributed by atoms with E-state index in [1.54, 1.807) is 48.5 Å². The average molecular weight is 358 g/mol. The lowest BCUT2D eigenvalue weighted by Crippen LogP contribution is -2.13. The number of aromatic amines is 1. The van der Waals surface area contributed by atoms with Crippen molar-refractivity contribution >= 4 is 34.9 Å². The number of anilines is 2. The highest BCUT2D eigenvalue weighted by Gasteiger charge is 2.12. The Morgan fingerprint density at radius 1 is 0.778 bits per heavy atom. The Labute approximate surface area is 153 Å². The van der Waals surface area contributed by atoms with Gasteiger partial charge < -0.3 is 4.98 Å². The van der Waals surface area contributed by atoms with Crippen LogP contribution in [0.25, 0.3) is 11.2 Å². The molecule has 0 atom stereocenters. The van der Waals surface area contributed by atoms with Crippen molar-refractivity contribution in [2.45, 2.75) is 0 Å². The Morgan fingerprint density at radius 3 is 2.00 bits per heavy atom. The summed E-state index contributed by atoms with van der Waals surface area (Å²) in [5, 5.41) is 5.30. The number of carbonyl (C=O) groups excluding carboxylic acids is 2. The zero-order chi connectivity index (χ0) is 18.6. The molecule has 3 N–H and O–H groups in total. The number of amides is 2. The number of aromatic nitrogens is 4. The number of nitrogens with one attached hydrogen (secondary N) is 3. The van der Waals surface area contributed by atoms with Gasteiger partial charge >= 0.3 is 0 Å². The predicted molar refractivity (Wildman–Crippen MR) is 100 cm³/mol. The van der Waals surface area contributed by atoms with Crippen LogP contribution in [0.5, 0.6) is 0 Å². The van der Waals surface area contributed by atoms with E-state index in [1.807, 2.05) is 12.1 Å². The first-order valence-electron chi connectivity index (χ1n) is 8.14. The Hall–Kier alpha value is -4.07. The van der Waals surface area contributed by atoms with Gasteiger partial charge in [0.15, 0.2) is 5.65 Å². The molecule has 2 heterocycles. The molecule has 0 aliphatic heterocycles. The highest BCUT2D eigenvalue weighted by Crippen LogP contribution is 2.14. The van der Waals surface area contributed by atoms with Crippen LogP contribution in [0.3, 0.4) is 0 Å². The molecule has 0 fully saturated rings. The monoisotopic (exact) mass is 358 g/mol. The first-order chi connectivity index (χ1) is 13.2. The van der Waals surface area contributed by atoms with E-state index in [0.29, 0.717) is 22.3 Å². The van der Waals surface area contributed by atoms with Crippen LogP contribution in [0.15, 0.2) is 66.9 Å². The molecular weight excluding hydrogens is 344 g/mol. The fourth-order valence-corrected chi connectivity index (χ4v) is 2.46. The molecule has 27 heavy (non-hydrogen) atoms. The number of fused-ring (bicyclic) bond motifs is 1. The molecular formula is C19H14N6O2. The standard InChI is InChI=1S/C19H14N6O2/c26-16(12-7-3-1-4-8-12)24-18-20-11-14-15(22-18)23-19(21-14)25-17(27)13-9-5-2-6-10-13/h1-11H,(H3,20,21,22,23,24,25,26,27). The van der Waals surface area contributed by atoms with Crippen LogP contribution in [-0.2, 0) is 0 Å². The van der Waals surface area contributed by atoms with Gasteiger partial charge in [-0.3, -0.25) is 20.2 Å². The molecule has 0 aliphatic rings. The van der Waals surface area contributed by atoms with Gasteiger partial charge in [-0.25, -0.2) is 4.98 Å². The Morgan fingerprint density at radius 2 is 1.37 bits per heavy atom. The summed E-state index contributed by atoms with van der Waals surface area (Å²) < 4.78 is 0. The third kappa shape index (κ3) is 3.64. The van der Waals surface area contributed by atoms with Gasteiger partial charge in [0.2, 0.25) is 11.9 Å². The highest BCUT2D eigenvalue weighted by molar-refractivity contribution is 6.04. The molecule has 2 aromatic heterocycles. The van der Waals surface area contributed by atoms with E-state index in [1.165, 1.54) is 6.20 Å². The number of rotatable bonds is 4. The SMILES string of the molecule is O=C(Nc1ncc2[nH]c(NC(=O)c3ccccc3)nc2n1)c1ccccc1. The fraction of sp³-hybridized carbons (Fsp3) is 0. The number of nitrogens with zero attached hydrogens (tertiary/aromatic N) is 3. The molecule has 0 unspecified atom stereocenters. The lowest BCUT2D eigenvalue weighted by atomic mass is 10.2. The molecule has 0 bridgehead atoms. The summed E-state index contributed by atoms with van der Waals surface area (Å²) in [5.74, 6) is -0.230. The maximum Gasteiger partial charge on any atom is 0.258 e. The minimum atomic E-state index is -0.317. The summed E-state index contributed by atoms with van der Waals surface area (Å²) in [4.78, 5) is 39.8. The molecule has 132 valence electrons. The van der Waals surface area contributed by atoms with Gasteiger partial charge in [-0.1, -0.05) is 36.4 Å². The van der Waals surface area contributed by atoms with E-state index < -0.39 is 0 Å². The highest BCUT2D eigenvalue weighted by atomic mass is 16.2.